The van der Waals surface area contributed by atoms with Gasteiger partial charge in [-0.1, -0.05) is 18.0 Å². The lowest BCUT2D eigenvalue weighted by Gasteiger charge is -2.25. The lowest BCUT2D eigenvalue weighted by Crippen LogP contribution is -2.24. The van der Waals surface area contributed by atoms with Crippen molar-refractivity contribution in [2.24, 2.45) is 17.0 Å². The Morgan fingerprint density at radius 1 is 1.46 bits per heavy atom. The van der Waals surface area contributed by atoms with Gasteiger partial charge < -0.3 is 4.84 Å². The van der Waals surface area contributed by atoms with Gasteiger partial charge >= 0.3 is 0 Å². The van der Waals surface area contributed by atoms with Crippen molar-refractivity contribution in [1.82, 2.24) is 0 Å². The smallest absolute Gasteiger partial charge is 0.106 e. The zero-order chi connectivity index (χ0) is 9.68. The summed E-state index contributed by atoms with van der Waals surface area (Å²) in [6, 6.07) is 2.36. The van der Waals surface area contributed by atoms with Crippen LogP contribution in [0.4, 0.5) is 0 Å². The van der Waals surface area contributed by atoms with Gasteiger partial charge in [0.05, 0.1) is 17.7 Å². The Kier molecular flexibility index (Phi) is 3.75. The number of oxime groups is 1. The Morgan fingerprint density at radius 3 is 2.77 bits per heavy atom. The maximum atomic E-state index is 8.93. The first-order valence-electron chi connectivity index (χ1n) is 4.77. The van der Waals surface area contributed by atoms with Crippen LogP contribution in [-0.4, -0.2) is 12.8 Å². The monoisotopic (exact) mass is 180 g/mol. The predicted octanol–water partition coefficient (Wildman–Crippen LogP) is 2.34. The molecule has 1 saturated carbocycles. The fourth-order valence-electron chi connectivity index (χ4n) is 2.00. The summed E-state index contributed by atoms with van der Waals surface area (Å²) in [6.45, 7) is 1.95. The van der Waals surface area contributed by atoms with Gasteiger partial charge in [0, 0.05) is 5.92 Å². The highest BCUT2D eigenvalue weighted by Gasteiger charge is 2.27. The lowest BCUT2D eigenvalue weighted by molar-refractivity contribution is 0.207. The minimum atomic E-state index is 0.146. The van der Waals surface area contributed by atoms with E-state index in [0.29, 0.717) is 5.92 Å². The van der Waals surface area contributed by atoms with Crippen LogP contribution < -0.4 is 0 Å². The van der Waals surface area contributed by atoms with Crippen molar-refractivity contribution in [3.8, 4) is 6.07 Å². The minimum Gasteiger partial charge on any atom is -0.399 e. The van der Waals surface area contributed by atoms with Crippen LogP contribution in [0.15, 0.2) is 5.16 Å². The summed E-state index contributed by atoms with van der Waals surface area (Å²) in [4.78, 5) is 4.73. The van der Waals surface area contributed by atoms with E-state index in [4.69, 9.17) is 10.1 Å². The predicted molar refractivity (Wildman–Crippen MR) is 51.2 cm³/mol. The number of hydrogen-bond acceptors (Lipinski definition) is 3. The Balaban J connectivity index is 2.65. The number of nitrogens with zero attached hydrogens (tertiary/aromatic N) is 2. The average molecular weight is 180 g/mol. The highest BCUT2D eigenvalue weighted by Crippen LogP contribution is 2.30. The normalized spacial score (nSPS) is 29.5. The largest absolute Gasteiger partial charge is 0.399 e. The molecule has 0 heterocycles. The van der Waals surface area contributed by atoms with Crippen LogP contribution in [0.25, 0.3) is 0 Å². The van der Waals surface area contributed by atoms with E-state index in [1.807, 2.05) is 6.92 Å². The molecule has 0 aliphatic heterocycles. The second-order valence-electron chi connectivity index (χ2n) is 3.54. The van der Waals surface area contributed by atoms with Crippen molar-refractivity contribution in [2.75, 3.05) is 7.11 Å². The topological polar surface area (TPSA) is 45.4 Å². The summed E-state index contributed by atoms with van der Waals surface area (Å²) in [7, 11) is 1.55. The standard InChI is InChI=1S/C10H16N2O/c1-8(12-13-2)10-6-4-3-5-9(10)7-11/h9-10H,3-6H2,1-2H3. The van der Waals surface area contributed by atoms with Crippen LogP contribution in [0.2, 0.25) is 0 Å². The molecule has 0 aromatic rings. The number of nitriles is 1. The van der Waals surface area contributed by atoms with Crippen molar-refractivity contribution in [1.29, 1.82) is 5.26 Å². The zero-order valence-corrected chi connectivity index (χ0v) is 8.29. The van der Waals surface area contributed by atoms with Crippen LogP contribution in [0.5, 0.6) is 0 Å². The molecule has 0 aromatic heterocycles. The summed E-state index contributed by atoms with van der Waals surface area (Å²) in [5.74, 6) is 0.464. The fraction of sp³-hybridized carbons (Fsp3) is 0.800. The van der Waals surface area contributed by atoms with Gasteiger partial charge in [0.1, 0.15) is 7.11 Å². The molecule has 0 saturated heterocycles. The van der Waals surface area contributed by atoms with Crippen molar-refractivity contribution < 1.29 is 4.84 Å². The summed E-state index contributed by atoms with van der Waals surface area (Å²) < 4.78 is 0. The molecule has 0 amide bonds. The molecule has 1 aliphatic rings. The molecule has 2 unspecified atom stereocenters. The quantitative estimate of drug-likeness (QED) is 0.483. The molecule has 0 N–H and O–H groups in total. The van der Waals surface area contributed by atoms with Crippen LogP contribution in [0.3, 0.4) is 0 Å². The summed E-state index contributed by atoms with van der Waals surface area (Å²) in [5.41, 5.74) is 0.966. The maximum Gasteiger partial charge on any atom is 0.106 e. The molecule has 1 fully saturated rings. The third-order valence-corrected chi connectivity index (χ3v) is 2.70. The second kappa shape index (κ2) is 4.86. The average Bonchev–Trinajstić information content (AvgIpc) is 2.18. The number of hydrogen-bond donors (Lipinski definition) is 0. The third-order valence-electron chi connectivity index (χ3n) is 2.70. The van der Waals surface area contributed by atoms with Crippen LogP contribution in [-0.2, 0) is 4.84 Å². The molecular formula is C10H16N2O. The van der Waals surface area contributed by atoms with Crippen LogP contribution >= 0.6 is 0 Å². The lowest BCUT2D eigenvalue weighted by atomic mass is 9.78. The molecule has 72 valence electrons. The first-order chi connectivity index (χ1) is 6.29. The second-order valence-corrected chi connectivity index (χ2v) is 3.54. The van der Waals surface area contributed by atoms with E-state index >= 15 is 0 Å². The van der Waals surface area contributed by atoms with Gasteiger partial charge in [0.25, 0.3) is 0 Å². The Labute approximate surface area is 79.4 Å². The highest BCUT2D eigenvalue weighted by atomic mass is 16.6. The molecule has 0 aromatic carbocycles. The van der Waals surface area contributed by atoms with E-state index in [0.717, 1.165) is 18.6 Å². The SMILES string of the molecule is CON=C(C)C1CCCCC1C#N. The van der Waals surface area contributed by atoms with Gasteiger partial charge in [-0.2, -0.15) is 5.26 Å². The molecule has 1 rings (SSSR count). The molecule has 0 spiro atoms. The first-order valence-corrected chi connectivity index (χ1v) is 4.77. The molecular weight excluding hydrogens is 164 g/mol. The van der Waals surface area contributed by atoms with Crippen molar-refractivity contribution in [3.63, 3.8) is 0 Å². The van der Waals surface area contributed by atoms with E-state index < -0.39 is 0 Å². The van der Waals surface area contributed by atoms with Gasteiger partial charge in [-0.15, -0.1) is 0 Å². The Bertz CT molecular complexity index is 230. The minimum absolute atomic E-state index is 0.146. The summed E-state index contributed by atoms with van der Waals surface area (Å²) in [6.07, 6.45) is 4.48. The Hall–Kier alpha value is -1.04. The summed E-state index contributed by atoms with van der Waals surface area (Å²) in [5, 5.41) is 12.8. The van der Waals surface area contributed by atoms with E-state index in [1.165, 1.54) is 12.8 Å². The molecule has 0 bridgehead atoms. The van der Waals surface area contributed by atoms with Gasteiger partial charge in [0.15, 0.2) is 0 Å². The molecule has 3 heteroatoms. The molecule has 13 heavy (non-hydrogen) atoms. The summed E-state index contributed by atoms with van der Waals surface area (Å²) >= 11 is 0. The van der Waals surface area contributed by atoms with E-state index in [2.05, 4.69) is 11.2 Å². The van der Waals surface area contributed by atoms with Crippen LogP contribution in [0.1, 0.15) is 32.6 Å². The van der Waals surface area contributed by atoms with E-state index in [1.54, 1.807) is 7.11 Å². The number of rotatable bonds is 2. The molecule has 2 atom stereocenters. The maximum absolute atomic E-state index is 8.93. The molecule has 3 nitrogen and oxygen atoms in total. The van der Waals surface area contributed by atoms with Crippen LogP contribution in [0, 0.1) is 23.2 Å². The fourth-order valence-corrected chi connectivity index (χ4v) is 2.00. The Morgan fingerprint density at radius 2 is 2.15 bits per heavy atom. The van der Waals surface area contributed by atoms with Gasteiger partial charge in [-0.25, -0.2) is 0 Å². The first kappa shape index (κ1) is 10.0. The molecule has 0 radical (unpaired) electrons. The van der Waals surface area contributed by atoms with Gasteiger partial charge in [0.2, 0.25) is 0 Å². The highest BCUT2D eigenvalue weighted by molar-refractivity contribution is 5.84. The van der Waals surface area contributed by atoms with Crippen molar-refractivity contribution in [2.45, 2.75) is 32.6 Å². The third kappa shape index (κ3) is 2.45. The van der Waals surface area contributed by atoms with Crippen molar-refractivity contribution >= 4 is 5.71 Å². The zero-order valence-electron chi connectivity index (χ0n) is 8.29. The van der Waals surface area contributed by atoms with Gasteiger partial charge in [-0.3, -0.25) is 0 Å². The van der Waals surface area contributed by atoms with E-state index in [9.17, 15) is 0 Å². The van der Waals surface area contributed by atoms with E-state index in [-0.39, 0.29) is 5.92 Å². The van der Waals surface area contributed by atoms with Gasteiger partial charge in [-0.05, 0) is 19.8 Å². The molecule has 1 aliphatic carbocycles. The van der Waals surface area contributed by atoms with Crippen molar-refractivity contribution in [3.05, 3.63) is 0 Å².